The highest BCUT2D eigenvalue weighted by atomic mass is 16.5. The molecule has 1 fully saturated rings. The van der Waals surface area contributed by atoms with Crippen LogP contribution >= 0.6 is 0 Å². The fourth-order valence-electron chi connectivity index (χ4n) is 2.75. The van der Waals surface area contributed by atoms with Gasteiger partial charge in [-0.3, -0.25) is 0 Å². The summed E-state index contributed by atoms with van der Waals surface area (Å²) in [6.45, 7) is 3.08. The molecule has 4 heteroatoms. The molecule has 21 heavy (non-hydrogen) atoms. The van der Waals surface area contributed by atoms with Gasteiger partial charge in [-0.2, -0.15) is 0 Å². The summed E-state index contributed by atoms with van der Waals surface area (Å²) < 4.78 is 10.9. The molecule has 0 heterocycles. The third kappa shape index (κ3) is 4.74. The molecule has 1 aliphatic carbocycles. The summed E-state index contributed by atoms with van der Waals surface area (Å²) in [7, 11) is 1.73. The van der Waals surface area contributed by atoms with Gasteiger partial charge in [-0.25, -0.2) is 4.79 Å². The van der Waals surface area contributed by atoms with Gasteiger partial charge >= 0.3 is 6.09 Å². The second-order valence-electron chi connectivity index (χ2n) is 5.98. The van der Waals surface area contributed by atoms with Crippen LogP contribution < -0.4 is 5.32 Å². The molecule has 0 spiro atoms. The van der Waals surface area contributed by atoms with Crippen molar-refractivity contribution in [1.29, 1.82) is 0 Å². The topological polar surface area (TPSA) is 47.6 Å². The van der Waals surface area contributed by atoms with Crippen LogP contribution in [0.3, 0.4) is 0 Å². The third-order valence-electron chi connectivity index (χ3n) is 4.39. The van der Waals surface area contributed by atoms with Crippen molar-refractivity contribution >= 4 is 6.09 Å². The van der Waals surface area contributed by atoms with Crippen molar-refractivity contribution in [2.24, 2.45) is 5.92 Å². The largest absolute Gasteiger partial charge is 0.445 e. The van der Waals surface area contributed by atoms with E-state index in [-0.39, 0.29) is 11.7 Å². The second-order valence-corrected chi connectivity index (χ2v) is 5.98. The normalized spacial score (nSPS) is 25.3. The minimum absolute atomic E-state index is 0.224. The Morgan fingerprint density at radius 3 is 2.57 bits per heavy atom. The summed E-state index contributed by atoms with van der Waals surface area (Å²) in [5.74, 6) is 0.748. The van der Waals surface area contributed by atoms with Gasteiger partial charge in [0.05, 0.1) is 5.60 Å². The van der Waals surface area contributed by atoms with Gasteiger partial charge in [0.25, 0.3) is 0 Å². The van der Waals surface area contributed by atoms with Crippen molar-refractivity contribution in [2.75, 3.05) is 13.7 Å². The summed E-state index contributed by atoms with van der Waals surface area (Å²) in [6, 6.07) is 9.67. The van der Waals surface area contributed by atoms with E-state index < -0.39 is 0 Å². The number of carbonyl (C=O) groups excluding carboxylic acids is 1. The molecule has 0 aromatic heterocycles. The molecule has 1 aromatic rings. The quantitative estimate of drug-likeness (QED) is 0.903. The fraction of sp³-hybridized carbons (Fsp3) is 0.588. The van der Waals surface area contributed by atoms with Gasteiger partial charge in [0.15, 0.2) is 0 Å². The Labute approximate surface area is 126 Å². The monoisotopic (exact) mass is 291 g/mol. The zero-order valence-electron chi connectivity index (χ0n) is 12.9. The van der Waals surface area contributed by atoms with E-state index in [9.17, 15) is 4.79 Å². The number of methoxy groups -OCH3 is 1. The summed E-state index contributed by atoms with van der Waals surface area (Å²) in [4.78, 5) is 11.8. The first kappa shape index (κ1) is 15.8. The van der Waals surface area contributed by atoms with Crippen LogP contribution in [0.4, 0.5) is 4.79 Å². The zero-order chi connectivity index (χ0) is 15.1. The number of hydrogen-bond donors (Lipinski definition) is 1. The Balaban J connectivity index is 1.75. The molecule has 0 atom stereocenters. The highest BCUT2D eigenvalue weighted by Crippen LogP contribution is 2.33. The van der Waals surface area contributed by atoms with Crippen molar-refractivity contribution < 1.29 is 14.3 Å². The number of hydrogen-bond acceptors (Lipinski definition) is 3. The summed E-state index contributed by atoms with van der Waals surface area (Å²) in [5, 5.41) is 2.84. The minimum Gasteiger partial charge on any atom is -0.445 e. The summed E-state index contributed by atoms with van der Waals surface area (Å²) in [6.07, 6.45) is 3.89. The maximum absolute atomic E-state index is 11.8. The molecule has 0 saturated heterocycles. The average Bonchev–Trinajstić information content (AvgIpc) is 2.54. The number of rotatable bonds is 5. The number of ether oxygens (including phenoxy) is 2. The molecule has 1 aromatic carbocycles. The van der Waals surface area contributed by atoms with Crippen molar-refractivity contribution in [3.63, 3.8) is 0 Å². The Bertz CT molecular complexity index is 439. The highest BCUT2D eigenvalue weighted by molar-refractivity contribution is 5.67. The molecular formula is C17H25NO3. The predicted octanol–water partition coefficient (Wildman–Crippen LogP) is 3.51. The highest BCUT2D eigenvalue weighted by Gasteiger charge is 2.34. The van der Waals surface area contributed by atoms with E-state index in [0.717, 1.165) is 37.2 Å². The fourth-order valence-corrected chi connectivity index (χ4v) is 2.75. The average molecular weight is 291 g/mol. The van der Waals surface area contributed by atoms with Crippen LogP contribution in [0.15, 0.2) is 30.3 Å². The molecule has 1 amide bonds. The number of carbonyl (C=O) groups is 1. The van der Waals surface area contributed by atoms with E-state index >= 15 is 0 Å². The summed E-state index contributed by atoms with van der Waals surface area (Å²) >= 11 is 0. The lowest BCUT2D eigenvalue weighted by atomic mass is 9.79. The Morgan fingerprint density at radius 2 is 1.95 bits per heavy atom. The molecular weight excluding hydrogens is 266 g/mol. The van der Waals surface area contributed by atoms with Crippen LogP contribution in [0.2, 0.25) is 0 Å². The molecule has 116 valence electrons. The predicted molar refractivity (Wildman–Crippen MR) is 82.0 cm³/mol. The number of amides is 1. The van der Waals surface area contributed by atoms with Crippen LogP contribution in [-0.2, 0) is 16.1 Å². The van der Waals surface area contributed by atoms with Crippen molar-refractivity contribution in [1.82, 2.24) is 5.32 Å². The molecule has 0 unspecified atom stereocenters. The van der Waals surface area contributed by atoms with E-state index in [1.807, 2.05) is 30.3 Å². The SMILES string of the molecule is COC1(CNC(=O)OCc2ccccc2)CCC(C)CC1. The molecule has 2 rings (SSSR count). The third-order valence-corrected chi connectivity index (χ3v) is 4.39. The first-order valence-corrected chi connectivity index (χ1v) is 7.63. The second kappa shape index (κ2) is 7.46. The smallest absolute Gasteiger partial charge is 0.407 e. The van der Waals surface area contributed by atoms with Crippen LogP contribution in [0.25, 0.3) is 0 Å². The van der Waals surface area contributed by atoms with E-state index in [2.05, 4.69) is 12.2 Å². The van der Waals surface area contributed by atoms with Gasteiger partial charge in [0, 0.05) is 13.7 Å². The van der Waals surface area contributed by atoms with Crippen LogP contribution in [-0.4, -0.2) is 25.3 Å². The molecule has 0 aliphatic heterocycles. The number of nitrogens with one attached hydrogen (secondary N) is 1. The lowest BCUT2D eigenvalue weighted by Gasteiger charge is -2.38. The standard InChI is InChI=1S/C17H25NO3/c1-14-8-10-17(20-2,11-9-14)13-18-16(19)21-12-15-6-4-3-5-7-15/h3-7,14H,8-13H2,1-2H3,(H,18,19). The maximum atomic E-state index is 11.8. The molecule has 4 nitrogen and oxygen atoms in total. The van der Waals surface area contributed by atoms with Crippen molar-refractivity contribution in [3.05, 3.63) is 35.9 Å². The zero-order valence-corrected chi connectivity index (χ0v) is 12.9. The van der Waals surface area contributed by atoms with Crippen LogP contribution in [0.1, 0.15) is 38.2 Å². The number of benzene rings is 1. The van der Waals surface area contributed by atoms with Gasteiger partial charge in [0.2, 0.25) is 0 Å². The first-order valence-electron chi connectivity index (χ1n) is 7.63. The molecule has 1 saturated carbocycles. The van der Waals surface area contributed by atoms with Crippen LogP contribution in [0, 0.1) is 5.92 Å². The van der Waals surface area contributed by atoms with E-state index in [1.165, 1.54) is 0 Å². The van der Waals surface area contributed by atoms with Gasteiger partial charge in [0.1, 0.15) is 6.61 Å². The molecule has 1 N–H and O–H groups in total. The summed E-state index contributed by atoms with van der Waals surface area (Å²) in [5.41, 5.74) is 0.763. The molecule has 1 aliphatic rings. The van der Waals surface area contributed by atoms with E-state index in [4.69, 9.17) is 9.47 Å². The van der Waals surface area contributed by atoms with Gasteiger partial charge in [-0.15, -0.1) is 0 Å². The van der Waals surface area contributed by atoms with Gasteiger partial charge in [-0.05, 0) is 37.2 Å². The molecule has 0 radical (unpaired) electrons. The lowest BCUT2D eigenvalue weighted by Crippen LogP contribution is -2.46. The Morgan fingerprint density at radius 1 is 1.29 bits per heavy atom. The van der Waals surface area contributed by atoms with Gasteiger partial charge in [-0.1, -0.05) is 37.3 Å². The minimum atomic E-state index is -0.381. The van der Waals surface area contributed by atoms with Crippen molar-refractivity contribution in [2.45, 2.75) is 44.8 Å². The van der Waals surface area contributed by atoms with Crippen molar-refractivity contribution in [3.8, 4) is 0 Å². The Hall–Kier alpha value is -1.55. The lowest BCUT2D eigenvalue weighted by molar-refractivity contribution is -0.0455. The Kier molecular flexibility index (Phi) is 5.62. The van der Waals surface area contributed by atoms with Crippen LogP contribution in [0.5, 0.6) is 0 Å². The van der Waals surface area contributed by atoms with E-state index in [1.54, 1.807) is 7.11 Å². The van der Waals surface area contributed by atoms with Gasteiger partial charge < -0.3 is 14.8 Å². The first-order chi connectivity index (χ1) is 10.1. The van der Waals surface area contributed by atoms with E-state index in [0.29, 0.717) is 13.2 Å². The maximum Gasteiger partial charge on any atom is 0.407 e. The number of alkyl carbamates (subject to hydrolysis) is 1. The molecule has 0 bridgehead atoms.